The summed E-state index contributed by atoms with van der Waals surface area (Å²) in [6.07, 6.45) is -4.04. The zero-order chi connectivity index (χ0) is 16.5. The number of amides is 1. The minimum absolute atomic E-state index is 0.0603. The van der Waals surface area contributed by atoms with Crippen molar-refractivity contribution in [3.63, 3.8) is 0 Å². The maximum absolute atomic E-state index is 12.8. The number of benzene rings is 1. The van der Waals surface area contributed by atoms with Crippen LogP contribution in [0.15, 0.2) is 35.7 Å². The van der Waals surface area contributed by atoms with Crippen LogP contribution in [-0.4, -0.2) is 39.4 Å². The van der Waals surface area contributed by atoms with Gasteiger partial charge in [0.1, 0.15) is 5.75 Å². The molecule has 1 aromatic carbocycles. The molecule has 0 aliphatic carbocycles. The molecule has 1 aliphatic heterocycles. The number of hydrogen-bond acceptors (Lipinski definition) is 4. The zero-order valence-corrected chi connectivity index (χ0v) is 12.2. The summed E-state index contributed by atoms with van der Waals surface area (Å²) in [5.74, 6) is -2.30. The van der Waals surface area contributed by atoms with Gasteiger partial charge in [0.15, 0.2) is 9.84 Å². The number of halogens is 3. The van der Waals surface area contributed by atoms with Gasteiger partial charge in [0.2, 0.25) is 0 Å². The average Bonchev–Trinajstić information content (AvgIpc) is 2.79. The van der Waals surface area contributed by atoms with Gasteiger partial charge in [-0.05, 0) is 30.3 Å². The number of carbonyl (C=O) groups is 1. The lowest BCUT2D eigenvalue weighted by Gasteiger charge is -2.28. The van der Waals surface area contributed by atoms with Crippen molar-refractivity contribution in [1.82, 2.24) is 0 Å². The van der Waals surface area contributed by atoms with E-state index >= 15 is 0 Å². The molecule has 0 fully saturated rings. The molecule has 1 heterocycles. The van der Waals surface area contributed by atoms with Crippen molar-refractivity contribution >= 4 is 21.4 Å². The van der Waals surface area contributed by atoms with Crippen molar-refractivity contribution in [3.05, 3.63) is 35.7 Å². The van der Waals surface area contributed by atoms with Gasteiger partial charge < -0.3 is 4.74 Å². The Labute approximate surface area is 124 Å². The van der Waals surface area contributed by atoms with Crippen molar-refractivity contribution in [2.75, 3.05) is 17.8 Å². The van der Waals surface area contributed by atoms with E-state index in [0.717, 1.165) is 11.5 Å². The quantitative estimate of drug-likeness (QED) is 0.846. The average molecular weight is 335 g/mol. The number of anilines is 1. The summed E-state index contributed by atoms with van der Waals surface area (Å²) < 4.78 is 66.1. The van der Waals surface area contributed by atoms with Gasteiger partial charge in [-0.3, -0.25) is 9.69 Å². The Balaban J connectivity index is 2.41. The van der Waals surface area contributed by atoms with Gasteiger partial charge in [-0.1, -0.05) is 0 Å². The van der Waals surface area contributed by atoms with Crippen molar-refractivity contribution in [2.45, 2.75) is 12.2 Å². The first-order valence-electron chi connectivity index (χ1n) is 6.09. The molecule has 9 heteroatoms. The number of nitrogens with zero attached hydrogens (tertiary/aromatic N) is 1. The van der Waals surface area contributed by atoms with Gasteiger partial charge in [0.05, 0.1) is 18.9 Å². The largest absolute Gasteiger partial charge is 0.497 e. The molecule has 0 N–H and O–H groups in total. The first-order chi connectivity index (χ1) is 10.1. The summed E-state index contributed by atoms with van der Waals surface area (Å²) in [6, 6.07) is 4.10. The molecule has 1 atom stereocenters. The Bertz CT molecular complexity index is 695. The Hall–Kier alpha value is -2.03. The summed E-state index contributed by atoms with van der Waals surface area (Å²) in [5, 5.41) is 0.817. The van der Waals surface area contributed by atoms with Crippen LogP contribution >= 0.6 is 0 Å². The number of ether oxygens (including phenoxy) is 1. The van der Waals surface area contributed by atoms with Crippen LogP contribution in [0.4, 0.5) is 18.9 Å². The lowest BCUT2D eigenvalue weighted by molar-refractivity contribution is -0.170. The van der Waals surface area contributed by atoms with E-state index in [0.29, 0.717) is 10.6 Å². The fourth-order valence-corrected chi connectivity index (χ4v) is 3.33. The topological polar surface area (TPSA) is 63.7 Å². The van der Waals surface area contributed by atoms with E-state index < -0.39 is 33.7 Å². The Morgan fingerprint density at radius 1 is 1.27 bits per heavy atom. The van der Waals surface area contributed by atoms with Gasteiger partial charge in [-0.2, -0.15) is 13.2 Å². The van der Waals surface area contributed by atoms with Crippen LogP contribution in [-0.2, 0) is 14.6 Å². The van der Waals surface area contributed by atoms with Crippen molar-refractivity contribution in [3.8, 4) is 5.75 Å². The lowest BCUT2D eigenvalue weighted by atomic mass is 10.2. The number of sulfone groups is 1. The zero-order valence-electron chi connectivity index (χ0n) is 11.4. The Morgan fingerprint density at radius 3 is 2.27 bits per heavy atom. The maximum Gasteiger partial charge on any atom is 0.471 e. The van der Waals surface area contributed by atoms with Crippen LogP contribution in [0.5, 0.6) is 5.75 Å². The molecule has 0 bridgehead atoms. The first kappa shape index (κ1) is 16.3. The van der Waals surface area contributed by atoms with Gasteiger partial charge in [-0.25, -0.2) is 8.42 Å². The van der Waals surface area contributed by atoms with E-state index in [-0.39, 0.29) is 5.69 Å². The van der Waals surface area contributed by atoms with E-state index in [1.807, 2.05) is 0 Å². The lowest BCUT2D eigenvalue weighted by Crippen LogP contribution is -2.47. The highest BCUT2D eigenvalue weighted by atomic mass is 32.2. The van der Waals surface area contributed by atoms with Crippen LogP contribution in [0.3, 0.4) is 0 Å². The molecular formula is C13H12F3NO4S. The van der Waals surface area contributed by atoms with Crippen LogP contribution in [0.2, 0.25) is 0 Å². The molecular weight excluding hydrogens is 323 g/mol. The SMILES string of the molecule is COc1ccc(N(C(=O)C(F)(F)F)C2C=CS(=O)(=O)C2)cc1. The smallest absolute Gasteiger partial charge is 0.471 e. The second-order valence-electron chi connectivity index (χ2n) is 4.60. The molecule has 120 valence electrons. The van der Waals surface area contributed by atoms with Crippen molar-refractivity contribution < 1.29 is 31.1 Å². The highest BCUT2D eigenvalue weighted by Crippen LogP contribution is 2.29. The molecule has 5 nitrogen and oxygen atoms in total. The summed E-state index contributed by atoms with van der Waals surface area (Å²) in [7, 11) is -2.22. The van der Waals surface area contributed by atoms with Crippen molar-refractivity contribution in [2.24, 2.45) is 0 Å². The third-order valence-corrected chi connectivity index (χ3v) is 4.43. The van der Waals surface area contributed by atoms with Gasteiger partial charge >= 0.3 is 12.1 Å². The monoisotopic (exact) mass is 335 g/mol. The summed E-state index contributed by atoms with van der Waals surface area (Å²) in [6.45, 7) is 0. The number of rotatable bonds is 3. The third kappa shape index (κ3) is 3.41. The highest BCUT2D eigenvalue weighted by Gasteiger charge is 2.46. The van der Waals surface area contributed by atoms with Gasteiger partial charge in [0, 0.05) is 11.1 Å². The number of carbonyl (C=O) groups excluding carboxylic acids is 1. The molecule has 1 aromatic rings. The molecule has 0 radical (unpaired) electrons. The number of alkyl halides is 3. The fourth-order valence-electron chi connectivity index (χ4n) is 2.06. The number of hydrogen-bond donors (Lipinski definition) is 0. The Kier molecular flexibility index (Phi) is 4.19. The predicted octanol–water partition coefficient (Wildman–Crippen LogP) is 1.90. The van der Waals surface area contributed by atoms with Gasteiger partial charge in [0.25, 0.3) is 0 Å². The second kappa shape index (κ2) is 5.64. The molecule has 0 saturated heterocycles. The van der Waals surface area contributed by atoms with Crippen LogP contribution in [0.25, 0.3) is 0 Å². The molecule has 1 amide bonds. The molecule has 2 rings (SSSR count). The van der Waals surface area contributed by atoms with Crippen LogP contribution in [0, 0.1) is 0 Å². The summed E-state index contributed by atoms with van der Waals surface area (Å²) in [4.78, 5) is 12.1. The minimum Gasteiger partial charge on any atom is -0.497 e. The normalized spacial score (nSPS) is 19.9. The standard InChI is InChI=1S/C13H12F3NO4S/c1-21-11-4-2-9(3-5-11)17(12(18)13(14,15)16)10-6-7-22(19,20)8-10/h2-7,10H,8H2,1H3. The van der Waals surface area contributed by atoms with E-state index in [9.17, 15) is 26.4 Å². The van der Waals surface area contributed by atoms with Gasteiger partial charge in [-0.15, -0.1) is 0 Å². The molecule has 1 aliphatic rings. The minimum atomic E-state index is -5.11. The number of methoxy groups -OCH3 is 1. The fraction of sp³-hybridized carbons (Fsp3) is 0.308. The molecule has 0 aromatic heterocycles. The van der Waals surface area contributed by atoms with E-state index in [4.69, 9.17) is 4.74 Å². The van der Waals surface area contributed by atoms with Crippen molar-refractivity contribution in [1.29, 1.82) is 0 Å². The molecule has 1 unspecified atom stereocenters. The summed E-state index contributed by atoms with van der Waals surface area (Å²) in [5.41, 5.74) is -0.0603. The van der Waals surface area contributed by atoms with Crippen LogP contribution < -0.4 is 9.64 Å². The first-order valence-corrected chi connectivity index (χ1v) is 7.81. The third-order valence-electron chi connectivity index (χ3n) is 3.05. The molecule has 0 saturated carbocycles. The molecule has 0 spiro atoms. The summed E-state index contributed by atoms with van der Waals surface area (Å²) >= 11 is 0. The Morgan fingerprint density at radius 2 is 1.86 bits per heavy atom. The van der Waals surface area contributed by atoms with E-state index in [2.05, 4.69) is 0 Å². The molecule has 22 heavy (non-hydrogen) atoms. The second-order valence-corrected chi connectivity index (χ2v) is 6.53. The van der Waals surface area contributed by atoms with E-state index in [1.54, 1.807) is 0 Å². The maximum atomic E-state index is 12.8. The highest BCUT2D eigenvalue weighted by molar-refractivity contribution is 7.94. The van der Waals surface area contributed by atoms with Crippen LogP contribution in [0.1, 0.15) is 0 Å². The predicted molar refractivity (Wildman–Crippen MR) is 73.2 cm³/mol. The van der Waals surface area contributed by atoms with E-state index in [1.165, 1.54) is 31.4 Å².